The van der Waals surface area contributed by atoms with Gasteiger partial charge in [-0.1, -0.05) is 66.7 Å². The van der Waals surface area contributed by atoms with Crippen LogP contribution in [0.2, 0.25) is 0 Å². The second kappa shape index (κ2) is 17.3. The van der Waals surface area contributed by atoms with Crippen LogP contribution in [-0.4, -0.2) is 62.9 Å². The van der Waals surface area contributed by atoms with Gasteiger partial charge in [0.1, 0.15) is 0 Å². The highest BCUT2D eigenvalue weighted by Gasteiger charge is 2.39. The molecule has 0 aromatic heterocycles. The standard InChI is InChI=1S/C41H45N3O7/c1-2-50-41-33(18-20-48-22-23-49-21-19-45)35(32-11-7-10-31-30-9-4-3-8-29(30)24-34(31)32)25-38(51-41)40(47)43-26-27-14-16-28(17-15-27)39(46)44-37-13-6-5-12-36(37)42/h3-17,25,33,35,41,45H,2,18-24,26,42H2,1H3,(H,43,47)(H,44,46)/t33-,35-,41-/m1/s1. The molecule has 2 amide bonds. The zero-order valence-corrected chi connectivity index (χ0v) is 28.8. The van der Waals surface area contributed by atoms with Crippen LogP contribution in [0.5, 0.6) is 0 Å². The predicted molar refractivity (Wildman–Crippen MR) is 196 cm³/mol. The van der Waals surface area contributed by atoms with E-state index in [4.69, 9.17) is 29.8 Å². The van der Waals surface area contributed by atoms with Crippen molar-refractivity contribution in [2.75, 3.05) is 50.7 Å². The average Bonchev–Trinajstić information content (AvgIpc) is 3.54. The largest absolute Gasteiger partial charge is 0.459 e. The fourth-order valence-electron chi connectivity index (χ4n) is 6.74. The van der Waals surface area contributed by atoms with Gasteiger partial charge in [0, 0.05) is 37.2 Å². The normalized spacial score (nSPS) is 17.5. The van der Waals surface area contributed by atoms with Crippen LogP contribution in [0, 0.1) is 5.92 Å². The first-order valence-corrected chi connectivity index (χ1v) is 17.5. The molecule has 1 heterocycles. The number of anilines is 2. The summed E-state index contributed by atoms with van der Waals surface area (Å²) in [6, 6.07) is 29.0. The van der Waals surface area contributed by atoms with E-state index in [9.17, 15) is 9.59 Å². The van der Waals surface area contributed by atoms with E-state index in [-0.39, 0.29) is 49.2 Å². The molecule has 0 fully saturated rings. The Balaban J connectivity index is 1.19. The first-order valence-electron chi connectivity index (χ1n) is 17.5. The van der Waals surface area contributed by atoms with Gasteiger partial charge in [0.15, 0.2) is 5.76 Å². The van der Waals surface area contributed by atoms with Crippen molar-refractivity contribution < 1.29 is 33.6 Å². The van der Waals surface area contributed by atoms with Crippen LogP contribution in [0.3, 0.4) is 0 Å². The van der Waals surface area contributed by atoms with Crippen molar-refractivity contribution in [2.24, 2.45) is 5.92 Å². The molecule has 0 unspecified atom stereocenters. The molecule has 1 aliphatic carbocycles. The van der Waals surface area contributed by atoms with Crippen molar-refractivity contribution in [3.8, 4) is 11.1 Å². The van der Waals surface area contributed by atoms with Crippen LogP contribution in [0.15, 0.2) is 103 Å². The second-order valence-corrected chi connectivity index (χ2v) is 12.5. The Morgan fingerprint density at radius 3 is 2.39 bits per heavy atom. The topological polar surface area (TPSA) is 141 Å². The molecule has 4 aromatic rings. The minimum Gasteiger partial charge on any atom is -0.459 e. The SMILES string of the molecule is CCO[C@@H]1OC(C(=O)NCc2ccc(C(=O)Nc3ccccc3N)cc2)=C[C@H](c2cccc3c2Cc2ccccc2-3)[C@H]1CCOCCOCCO. The molecule has 3 atom stereocenters. The molecule has 2 aliphatic rings. The summed E-state index contributed by atoms with van der Waals surface area (Å²) in [5.41, 5.74) is 14.4. The van der Waals surface area contributed by atoms with Gasteiger partial charge in [0.05, 0.1) is 37.8 Å². The molecule has 0 saturated heterocycles. The zero-order valence-electron chi connectivity index (χ0n) is 28.8. The lowest BCUT2D eigenvalue weighted by atomic mass is 9.78. The van der Waals surface area contributed by atoms with Crippen LogP contribution in [-0.2, 0) is 36.7 Å². The summed E-state index contributed by atoms with van der Waals surface area (Å²) in [5.74, 6) is -0.719. The highest BCUT2D eigenvalue weighted by atomic mass is 16.7. The number of nitrogens with one attached hydrogen (secondary N) is 2. The van der Waals surface area contributed by atoms with Gasteiger partial charge in [0.2, 0.25) is 6.29 Å². The Bertz CT molecular complexity index is 1840. The molecule has 0 bridgehead atoms. The Morgan fingerprint density at radius 1 is 0.863 bits per heavy atom. The minimum absolute atomic E-state index is 0.0267. The maximum absolute atomic E-state index is 13.7. The minimum atomic E-state index is -0.670. The van der Waals surface area contributed by atoms with Gasteiger partial charge in [-0.3, -0.25) is 9.59 Å². The first-order chi connectivity index (χ1) is 25.0. The number of nitrogens with two attached hydrogens (primary N) is 1. The number of amides is 2. The fourth-order valence-corrected chi connectivity index (χ4v) is 6.74. The summed E-state index contributed by atoms with van der Waals surface area (Å²) >= 11 is 0. The third-order valence-electron chi connectivity index (χ3n) is 9.27. The number of aliphatic hydroxyl groups excluding tert-OH is 1. The van der Waals surface area contributed by atoms with E-state index in [0.29, 0.717) is 49.8 Å². The number of aliphatic hydroxyl groups is 1. The van der Waals surface area contributed by atoms with Gasteiger partial charge >= 0.3 is 0 Å². The molecule has 266 valence electrons. The van der Waals surface area contributed by atoms with Crippen LogP contribution >= 0.6 is 0 Å². The molecular weight excluding hydrogens is 646 g/mol. The van der Waals surface area contributed by atoms with Crippen molar-refractivity contribution in [3.63, 3.8) is 0 Å². The van der Waals surface area contributed by atoms with E-state index < -0.39 is 6.29 Å². The van der Waals surface area contributed by atoms with Crippen LogP contribution in [0.4, 0.5) is 11.4 Å². The van der Waals surface area contributed by atoms with Crippen molar-refractivity contribution >= 4 is 23.2 Å². The molecule has 0 saturated carbocycles. The van der Waals surface area contributed by atoms with Crippen molar-refractivity contribution in [1.29, 1.82) is 0 Å². The highest BCUT2D eigenvalue weighted by molar-refractivity contribution is 6.05. The summed E-state index contributed by atoms with van der Waals surface area (Å²) in [6.45, 7) is 4.07. The second-order valence-electron chi connectivity index (χ2n) is 12.5. The fraction of sp³-hybridized carbons (Fsp3) is 0.317. The predicted octanol–water partition coefficient (Wildman–Crippen LogP) is 5.80. The number of benzene rings is 4. The summed E-state index contributed by atoms with van der Waals surface area (Å²) in [7, 11) is 0. The monoisotopic (exact) mass is 691 g/mol. The summed E-state index contributed by atoms with van der Waals surface area (Å²) in [6.07, 6.45) is 2.71. The van der Waals surface area contributed by atoms with Gasteiger partial charge in [-0.15, -0.1) is 0 Å². The van der Waals surface area contributed by atoms with Crippen molar-refractivity contribution in [1.82, 2.24) is 5.32 Å². The molecule has 10 nitrogen and oxygen atoms in total. The molecule has 10 heteroatoms. The van der Waals surface area contributed by atoms with E-state index >= 15 is 0 Å². The summed E-state index contributed by atoms with van der Waals surface area (Å²) in [4.78, 5) is 26.5. The quantitative estimate of drug-likeness (QED) is 0.0752. The van der Waals surface area contributed by atoms with Crippen LogP contribution < -0.4 is 16.4 Å². The molecule has 6 rings (SSSR count). The van der Waals surface area contributed by atoms with Gasteiger partial charge in [0.25, 0.3) is 11.8 Å². The zero-order chi connectivity index (χ0) is 35.6. The number of hydrogen-bond acceptors (Lipinski definition) is 8. The van der Waals surface area contributed by atoms with E-state index in [1.807, 2.05) is 19.1 Å². The molecule has 4 aromatic carbocycles. The molecular formula is C41H45N3O7. The number of ether oxygens (including phenoxy) is 4. The first kappa shape index (κ1) is 35.8. The molecule has 1 aliphatic heterocycles. The number of hydrogen-bond donors (Lipinski definition) is 4. The maximum Gasteiger partial charge on any atom is 0.286 e. The molecule has 51 heavy (non-hydrogen) atoms. The number of carbonyl (C=O) groups excluding carboxylic acids is 2. The van der Waals surface area contributed by atoms with Gasteiger partial charge < -0.3 is 40.4 Å². The maximum atomic E-state index is 13.7. The van der Waals surface area contributed by atoms with Crippen LogP contribution in [0.1, 0.15) is 51.9 Å². The van der Waals surface area contributed by atoms with Gasteiger partial charge in [-0.05, 0) is 83.5 Å². The van der Waals surface area contributed by atoms with E-state index in [1.54, 1.807) is 42.5 Å². The van der Waals surface area contributed by atoms with E-state index in [2.05, 4.69) is 53.1 Å². The highest BCUT2D eigenvalue weighted by Crippen LogP contribution is 2.45. The third kappa shape index (κ3) is 8.66. The lowest BCUT2D eigenvalue weighted by molar-refractivity contribution is -0.168. The molecule has 5 N–H and O–H groups in total. The summed E-state index contributed by atoms with van der Waals surface area (Å²) in [5, 5.41) is 14.8. The number of carbonyl (C=O) groups is 2. The number of rotatable bonds is 16. The smallest absolute Gasteiger partial charge is 0.286 e. The summed E-state index contributed by atoms with van der Waals surface area (Å²) < 4.78 is 23.7. The number of allylic oxidation sites excluding steroid dienone is 1. The Kier molecular flexibility index (Phi) is 12.1. The number of fused-ring (bicyclic) bond motifs is 3. The van der Waals surface area contributed by atoms with E-state index in [0.717, 1.165) is 17.5 Å². The van der Waals surface area contributed by atoms with Crippen molar-refractivity contribution in [2.45, 2.75) is 38.5 Å². The Hall–Kier alpha value is -5.00. The molecule has 0 spiro atoms. The third-order valence-corrected chi connectivity index (χ3v) is 9.27. The van der Waals surface area contributed by atoms with Crippen molar-refractivity contribution in [3.05, 3.63) is 131 Å². The number of nitrogen functional groups attached to an aromatic ring is 1. The number of para-hydroxylation sites is 2. The van der Waals surface area contributed by atoms with Gasteiger partial charge in [-0.25, -0.2) is 0 Å². The van der Waals surface area contributed by atoms with E-state index in [1.165, 1.54) is 22.3 Å². The van der Waals surface area contributed by atoms with Gasteiger partial charge in [-0.2, -0.15) is 0 Å². The molecule has 0 radical (unpaired) electrons. The average molecular weight is 692 g/mol. The van der Waals surface area contributed by atoms with Crippen LogP contribution in [0.25, 0.3) is 11.1 Å². The lowest BCUT2D eigenvalue weighted by Gasteiger charge is -2.37. The Morgan fingerprint density at radius 2 is 1.61 bits per heavy atom. The Labute approximate surface area is 298 Å². The lowest BCUT2D eigenvalue weighted by Crippen LogP contribution is -2.39.